The fraction of sp³-hybridized carbons (Fsp3) is 0.316. The summed E-state index contributed by atoms with van der Waals surface area (Å²) in [7, 11) is 1.68. The third-order valence-electron chi connectivity index (χ3n) is 3.12. The lowest BCUT2D eigenvalue weighted by atomic mass is 9.98. The van der Waals surface area contributed by atoms with E-state index < -0.39 is 0 Å². The quantitative estimate of drug-likeness (QED) is 0.650. The van der Waals surface area contributed by atoms with Crippen molar-refractivity contribution in [3.63, 3.8) is 0 Å². The lowest BCUT2D eigenvalue weighted by Crippen LogP contribution is -2.16. The molecule has 0 heterocycles. The highest BCUT2D eigenvalue weighted by Crippen LogP contribution is 2.20. The Bertz CT molecular complexity index is 640. The minimum absolute atomic E-state index is 0.0246. The van der Waals surface area contributed by atoms with Gasteiger partial charge in [0, 0.05) is 18.2 Å². The smallest absolute Gasteiger partial charge is 0.193 e. The van der Waals surface area contributed by atoms with E-state index >= 15 is 0 Å². The number of carbonyl (C=O) groups excluding carboxylic acids is 1. The van der Waals surface area contributed by atoms with Crippen molar-refractivity contribution in [2.24, 2.45) is 5.41 Å². The van der Waals surface area contributed by atoms with Crippen LogP contribution in [0.1, 0.15) is 36.7 Å². The largest absolute Gasteiger partial charge is 0.493 e. The molecular formula is C19H23NO3. The molecule has 2 aromatic carbocycles. The molecule has 0 spiro atoms. The van der Waals surface area contributed by atoms with Crippen molar-refractivity contribution in [2.45, 2.75) is 20.8 Å². The summed E-state index contributed by atoms with van der Waals surface area (Å²) in [4.78, 5) is 17.6. The van der Waals surface area contributed by atoms with Gasteiger partial charge in [0.05, 0.1) is 6.61 Å². The maximum atomic E-state index is 12.4. The fourth-order valence-electron chi connectivity index (χ4n) is 1.96. The van der Waals surface area contributed by atoms with Gasteiger partial charge in [-0.3, -0.25) is 4.79 Å². The Kier molecular flexibility index (Phi) is 5.40. The van der Waals surface area contributed by atoms with E-state index in [1.807, 2.05) is 12.1 Å². The first-order valence-corrected chi connectivity index (χ1v) is 7.60. The van der Waals surface area contributed by atoms with Gasteiger partial charge in [0.25, 0.3) is 0 Å². The Morgan fingerprint density at radius 1 is 0.913 bits per heavy atom. The molecule has 0 saturated heterocycles. The van der Waals surface area contributed by atoms with E-state index in [1.54, 1.807) is 43.4 Å². The maximum Gasteiger partial charge on any atom is 0.193 e. The van der Waals surface area contributed by atoms with Crippen LogP contribution in [0.3, 0.4) is 0 Å². The molecule has 2 rings (SSSR count). The van der Waals surface area contributed by atoms with Gasteiger partial charge in [-0.05, 0) is 53.9 Å². The highest BCUT2D eigenvalue weighted by molar-refractivity contribution is 6.09. The van der Waals surface area contributed by atoms with E-state index in [0.717, 1.165) is 5.75 Å². The van der Waals surface area contributed by atoms with Crippen molar-refractivity contribution < 1.29 is 14.4 Å². The van der Waals surface area contributed by atoms with Crippen LogP contribution in [0, 0.1) is 5.41 Å². The zero-order valence-electron chi connectivity index (χ0n) is 14.1. The predicted octanol–water partition coefficient (Wildman–Crippen LogP) is 3.86. The van der Waals surface area contributed by atoms with Gasteiger partial charge in [0.15, 0.2) is 5.78 Å². The molecule has 122 valence electrons. The molecule has 0 radical (unpaired) electrons. The molecule has 2 aromatic rings. The second kappa shape index (κ2) is 7.29. The number of hydrogen-bond donors (Lipinski definition) is 1. The zero-order chi connectivity index (χ0) is 16.9. The first kappa shape index (κ1) is 17.0. The molecule has 0 aliphatic carbocycles. The lowest BCUT2D eigenvalue weighted by molar-refractivity contribution is 0.103. The lowest BCUT2D eigenvalue weighted by Gasteiger charge is -2.18. The minimum atomic E-state index is -0.0246. The van der Waals surface area contributed by atoms with Gasteiger partial charge in [-0.15, -0.1) is 0 Å². The average Bonchev–Trinajstić information content (AvgIpc) is 2.53. The van der Waals surface area contributed by atoms with Crippen molar-refractivity contribution in [1.82, 2.24) is 5.48 Å². The van der Waals surface area contributed by atoms with Gasteiger partial charge in [0.1, 0.15) is 11.5 Å². The van der Waals surface area contributed by atoms with Crippen LogP contribution in [0.25, 0.3) is 0 Å². The number of rotatable bonds is 6. The maximum absolute atomic E-state index is 12.4. The monoisotopic (exact) mass is 313 g/mol. The highest BCUT2D eigenvalue weighted by Gasteiger charge is 2.12. The van der Waals surface area contributed by atoms with E-state index in [9.17, 15) is 4.79 Å². The van der Waals surface area contributed by atoms with E-state index in [4.69, 9.17) is 9.57 Å². The molecule has 0 saturated carbocycles. The predicted molar refractivity (Wildman–Crippen MR) is 91.0 cm³/mol. The first-order valence-electron chi connectivity index (χ1n) is 7.60. The van der Waals surface area contributed by atoms with Gasteiger partial charge in [-0.1, -0.05) is 20.8 Å². The SMILES string of the molecule is CNOc1ccc(C(=O)c2ccc(OCC(C)(C)C)cc2)cc1. The number of hydrogen-bond acceptors (Lipinski definition) is 4. The van der Waals surface area contributed by atoms with Crippen LogP contribution in [-0.4, -0.2) is 19.4 Å². The van der Waals surface area contributed by atoms with Crippen LogP contribution in [0.2, 0.25) is 0 Å². The molecule has 4 heteroatoms. The Morgan fingerprint density at radius 2 is 1.39 bits per heavy atom. The molecular weight excluding hydrogens is 290 g/mol. The van der Waals surface area contributed by atoms with Gasteiger partial charge < -0.3 is 9.57 Å². The van der Waals surface area contributed by atoms with Crippen molar-refractivity contribution in [3.05, 3.63) is 59.7 Å². The number of carbonyl (C=O) groups is 1. The third kappa shape index (κ3) is 5.11. The second-order valence-corrected chi connectivity index (χ2v) is 6.53. The highest BCUT2D eigenvalue weighted by atomic mass is 16.6. The van der Waals surface area contributed by atoms with Crippen LogP contribution in [0.15, 0.2) is 48.5 Å². The van der Waals surface area contributed by atoms with E-state index in [1.165, 1.54) is 0 Å². The Morgan fingerprint density at radius 3 is 1.83 bits per heavy atom. The normalized spacial score (nSPS) is 11.1. The number of ketones is 1. The molecule has 23 heavy (non-hydrogen) atoms. The van der Waals surface area contributed by atoms with Crippen molar-refractivity contribution >= 4 is 5.78 Å². The molecule has 0 unspecified atom stereocenters. The first-order chi connectivity index (χ1) is 10.9. The Balaban J connectivity index is 2.05. The summed E-state index contributed by atoms with van der Waals surface area (Å²) < 4.78 is 5.72. The average molecular weight is 313 g/mol. The molecule has 0 atom stereocenters. The summed E-state index contributed by atoms with van der Waals surface area (Å²) >= 11 is 0. The molecule has 0 aliphatic rings. The molecule has 0 fully saturated rings. The van der Waals surface area contributed by atoms with Gasteiger partial charge in [-0.25, -0.2) is 0 Å². The summed E-state index contributed by atoms with van der Waals surface area (Å²) in [5.74, 6) is 1.41. The summed E-state index contributed by atoms with van der Waals surface area (Å²) in [6, 6.07) is 14.2. The zero-order valence-corrected chi connectivity index (χ0v) is 14.1. The standard InChI is InChI=1S/C19H23NO3/c1-19(2,3)13-22-16-9-5-14(6-10-16)18(21)15-7-11-17(12-8-15)23-20-4/h5-12,20H,13H2,1-4H3. The van der Waals surface area contributed by atoms with Crippen molar-refractivity contribution in [3.8, 4) is 11.5 Å². The number of hydroxylamine groups is 1. The number of benzene rings is 2. The molecule has 0 bridgehead atoms. The third-order valence-corrected chi connectivity index (χ3v) is 3.12. The second-order valence-electron chi connectivity index (χ2n) is 6.53. The minimum Gasteiger partial charge on any atom is -0.493 e. The Hall–Kier alpha value is -2.33. The molecule has 0 aromatic heterocycles. The topological polar surface area (TPSA) is 47.6 Å². The summed E-state index contributed by atoms with van der Waals surface area (Å²) in [6.45, 7) is 6.98. The summed E-state index contributed by atoms with van der Waals surface area (Å²) in [5, 5.41) is 0. The Labute approximate surface area is 137 Å². The van der Waals surface area contributed by atoms with Crippen LogP contribution < -0.4 is 15.1 Å². The van der Waals surface area contributed by atoms with Gasteiger partial charge >= 0.3 is 0 Å². The van der Waals surface area contributed by atoms with E-state index in [0.29, 0.717) is 23.5 Å². The van der Waals surface area contributed by atoms with Gasteiger partial charge in [0.2, 0.25) is 0 Å². The molecule has 0 amide bonds. The van der Waals surface area contributed by atoms with Crippen LogP contribution in [-0.2, 0) is 0 Å². The van der Waals surface area contributed by atoms with Crippen molar-refractivity contribution in [2.75, 3.05) is 13.7 Å². The summed E-state index contributed by atoms with van der Waals surface area (Å²) in [6.07, 6.45) is 0. The van der Waals surface area contributed by atoms with E-state index in [-0.39, 0.29) is 11.2 Å². The van der Waals surface area contributed by atoms with Crippen LogP contribution in [0.4, 0.5) is 0 Å². The molecule has 0 aliphatic heterocycles. The number of ether oxygens (including phenoxy) is 1. The van der Waals surface area contributed by atoms with Crippen LogP contribution >= 0.6 is 0 Å². The number of nitrogens with one attached hydrogen (secondary N) is 1. The van der Waals surface area contributed by atoms with E-state index in [2.05, 4.69) is 26.3 Å². The van der Waals surface area contributed by atoms with Gasteiger partial charge in [-0.2, -0.15) is 5.48 Å². The molecule has 1 N–H and O–H groups in total. The van der Waals surface area contributed by atoms with Crippen LogP contribution in [0.5, 0.6) is 11.5 Å². The fourth-order valence-corrected chi connectivity index (χ4v) is 1.96. The summed E-state index contributed by atoms with van der Waals surface area (Å²) in [5.41, 5.74) is 3.95. The molecule has 4 nitrogen and oxygen atoms in total. The van der Waals surface area contributed by atoms with Crippen molar-refractivity contribution in [1.29, 1.82) is 0 Å².